The number of hydrogen-bond donors (Lipinski definition) is 0. The first kappa shape index (κ1) is 12.1. The van der Waals surface area contributed by atoms with Crippen LogP contribution in [0, 0.1) is 11.3 Å². The van der Waals surface area contributed by atoms with E-state index in [1.54, 1.807) is 6.20 Å². The number of nitriles is 1. The first-order valence-electron chi connectivity index (χ1n) is 6.48. The van der Waals surface area contributed by atoms with Crippen LogP contribution in [-0.4, -0.2) is 33.3 Å². The Labute approximate surface area is 111 Å². The lowest BCUT2D eigenvalue weighted by atomic mass is 9.85. The maximum absolute atomic E-state index is 9.07. The summed E-state index contributed by atoms with van der Waals surface area (Å²) in [6.45, 7) is 0.804. The summed E-state index contributed by atoms with van der Waals surface area (Å²) < 4.78 is 8.11. The lowest BCUT2D eigenvalue weighted by molar-refractivity contribution is -0.0989. The number of aromatic nitrogens is 2. The third-order valence-electron chi connectivity index (χ3n) is 4.03. The van der Waals surface area contributed by atoms with Crippen LogP contribution < -0.4 is 0 Å². The number of nitrogens with zero attached hydrogens (tertiary/aromatic N) is 3. The Morgan fingerprint density at radius 1 is 1.50 bits per heavy atom. The molecule has 0 amide bonds. The van der Waals surface area contributed by atoms with Crippen molar-refractivity contribution in [2.24, 2.45) is 0 Å². The molecule has 2 aliphatic rings. The predicted molar refractivity (Wildman–Crippen MR) is 70.5 cm³/mol. The van der Waals surface area contributed by atoms with E-state index in [-0.39, 0.29) is 5.60 Å². The molecule has 1 aromatic rings. The van der Waals surface area contributed by atoms with Gasteiger partial charge in [0.25, 0.3) is 0 Å². The van der Waals surface area contributed by atoms with E-state index in [9.17, 15) is 0 Å². The highest BCUT2D eigenvalue weighted by molar-refractivity contribution is 7.99. The molecule has 0 saturated carbocycles. The second-order valence-corrected chi connectivity index (χ2v) is 6.29. The molecule has 0 radical (unpaired) electrons. The van der Waals surface area contributed by atoms with Crippen LogP contribution in [0.25, 0.3) is 0 Å². The zero-order chi connectivity index (χ0) is 12.4. The Morgan fingerprint density at radius 2 is 2.33 bits per heavy atom. The predicted octanol–water partition coefficient (Wildman–Crippen LogP) is 2.37. The molecule has 96 valence electrons. The fourth-order valence-electron chi connectivity index (χ4n) is 3.03. The monoisotopic (exact) mass is 263 g/mol. The summed E-state index contributed by atoms with van der Waals surface area (Å²) in [6.07, 6.45) is 7.95. The van der Waals surface area contributed by atoms with E-state index in [1.807, 2.05) is 22.5 Å². The van der Waals surface area contributed by atoms with Crippen molar-refractivity contribution in [2.75, 3.05) is 18.1 Å². The first-order chi connectivity index (χ1) is 8.83. The minimum Gasteiger partial charge on any atom is -0.375 e. The minimum atomic E-state index is 0.0607. The fourth-order valence-corrected chi connectivity index (χ4v) is 4.26. The average molecular weight is 263 g/mol. The molecule has 2 saturated heterocycles. The van der Waals surface area contributed by atoms with Crippen LogP contribution in [-0.2, 0) is 4.74 Å². The number of hydrogen-bond acceptors (Lipinski definition) is 4. The number of rotatable bonds is 1. The van der Waals surface area contributed by atoms with E-state index >= 15 is 0 Å². The largest absolute Gasteiger partial charge is 0.375 e. The highest BCUT2D eigenvalue weighted by atomic mass is 32.2. The Balaban J connectivity index is 1.80. The minimum absolute atomic E-state index is 0.0607. The summed E-state index contributed by atoms with van der Waals surface area (Å²) in [4.78, 5) is 4.10. The third-order valence-corrected chi connectivity index (χ3v) is 5.02. The van der Waals surface area contributed by atoms with Gasteiger partial charge in [-0.1, -0.05) is 0 Å². The molecule has 1 unspecified atom stereocenters. The molecule has 1 atom stereocenters. The van der Waals surface area contributed by atoms with Crippen molar-refractivity contribution in [1.82, 2.24) is 9.55 Å². The summed E-state index contributed by atoms with van der Waals surface area (Å²) in [5, 5.41) is 9.07. The average Bonchev–Trinajstić information content (AvgIpc) is 2.88. The molecular formula is C13H17N3OS. The van der Waals surface area contributed by atoms with E-state index in [1.165, 1.54) is 11.5 Å². The summed E-state index contributed by atoms with van der Waals surface area (Å²) in [7, 11) is 0. The van der Waals surface area contributed by atoms with Gasteiger partial charge in [0.1, 0.15) is 6.07 Å². The van der Waals surface area contributed by atoms with E-state index in [0.717, 1.165) is 32.3 Å². The van der Waals surface area contributed by atoms with Crippen molar-refractivity contribution in [3.8, 4) is 6.07 Å². The normalized spacial score (nSPS) is 26.9. The second-order valence-electron chi connectivity index (χ2n) is 5.06. The van der Waals surface area contributed by atoms with Crippen LogP contribution in [0.5, 0.6) is 0 Å². The van der Waals surface area contributed by atoms with Gasteiger partial charge in [-0.15, -0.1) is 0 Å². The van der Waals surface area contributed by atoms with Crippen LogP contribution in [0.2, 0.25) is 0 Å². The molecule has 5 heteroatoms. The molecule has 2 aliphatic heterocycles. The lowest BCUT2D eigenvalue weighted by Crippen LogP contribution is -2.43. The summed E-state index contributed by atoms with van der Waals surface area (Å²) in [5.74, 6) is 2.92. The maximum Gasteiger partial charge on any atom is 0.212 e. The molecule has 0 aromatic carbocycles. The van der Waals surface area contributed by atoms with E-state index in [0.29, 0.717) is 11.9 Å². The smallest absolute Gasteiger partial charge is 0.212 e. The van der Waals surface area contributed by atoms with Crippen molar-refractivity contribution in [3.05, 3.63) is 18.2 Å². The van der Waals surface area contributed by atoms with Gasteiger partial charge in [0, 0.05) is 25.0 Å². The lowest BCUT2D eigenvalue weighted by Gasteiger charge is -2.43. The van der Waals surface area contributed by atoms with E-state index in [2.05, 4.69) is 11.1 Å². The molecule has 2 fully saturated rings. The summed E-state index contributed by atoms with van der Waals surface area (Å²) in [5.41, 5.74) is 0.0607. The number of thioether (sulfide) groups is 1. The Hall–Kier alpha value is -0.990. The molecule has 0 aliphatic carbocycles. The molecule has 3 rings (SSSR count). The van der Waals surface area contributed by atoms with Crippen LogP contribution in [0.3, 0.4) is 0 Å². The van der Waals surface area contributed by atoms with Crippen LogP contribution in [0.1, 0.15) is 37.5 Å². The van der Waals surface area contributed by atoms with Crippen molar-refractivity contribution in [2.45, 2.75) is 37.3 Å². The number of imidazole rings is 1. The standard InChI is InChI=1S/C13H17N3OS/c14-10-12-15-4-5-16(12)11-1-6-17-13(9-11)2-7-18-8-3-13/h4-5,11H,1-3,6-9H2. The zero-order valence-corrected chi connectivity index (χ0v) is 11.2. The van der Waals surface area contributed by atoms with Gasteiger partial charge in [-0.05, 0) is 37.2 Å². The van der Waals surface area contributed by atoms with Crippen molar-refractivity contribution < 1.29 is 4.74 Å². The molecule has 18 heavy (non-hydrogen) atoms. The molecular weight excluding hydrogens is 246 g/mol. The number of ether oxygens (including phenoxy) is 1. The highest BCUT2D eigenvalue weighted by Crippen LogP contribution is 2.41. The second kappa shape index (κ2) is 4.94. The van der Waals surface area contributed by atoms with Crippen LogP contribution >= 0.6 is 11.8 Å². The molecule has 1 aromatic heterocycles. The Morgan fingerprint density at radius 3 is 3.11 bits per heavy atom. The zero-order valence-electron chi connectivity index (χ0n) is 10.3. The van der Waals surface area contributed by atoms with Crippen LogP contribution in [0.4, 0.5) is 0 Å². The van der Waals surface area contributed by atoms with Gasteiger partial charge in [-0.2, -0.15) is 17.0 Å². The van der Waals surface area contributed by atoms with Gasteiger partial charge >= 0.3 is 0 Å². The third kappa shape index (κ3) is 2.15. The molecule has 1 spiro atoms. The van der Waals surface area contributed by atoms with E-state index in [4.69, 9.17) is 10.00 Å². The summed E-state index contributed by atoms with van der Waals surface area (Å²) >= 11 is 2.02. The van der Waals surface area contributed by atoms with Crippen LogP contribution in [0.15, 0.2) is 12.4 Å². The van der Waals surface area contributed by atoms with Gasteiger partial charge in [0.2, 0.25) is 5.82 Å². The van der Waals surface area contributed by atoms with Gasteiger partial charge in [-0.3, -0.25) is 0 Å². The Kier molecular flexibility index (Phi) is 3.31. The Bertz CT molecular complexity index is 454. The molecule has 0 bridgehead atoms. The summed E-state index contributed by atoms with van der Waals surface area (Å²) in [6, 6.07) is 2.55. The first-order valence-corrected chi connectivity index (χ1v) is 7.63. The van der Waals surface area contributed by atoms with Gasteiger partial charge in [0.05, 0.1) is 5.60 Å². The highest BCUT2D eigenvalue weighted by Gasteiger charge is 2.39. The molecule has 4 nitrogen and oxygen atoms in total. The van der Waals surface area contributed by atoms with Crippen molar-refractivity contribution in [1.29, 1.82) is 5.26 Å². The molecule has 0 N–H and O–H groups in total. The van der Waals surface area contributed by atoms with Crippen molar-refractivity contribution >= 4 is 11.8 Å². The van der Waals surface area contributed by atoms with E-state index < -0.39 is 0 Å². The fraction of sp³-hybridized carbons (Fsp3) is 0.692. The van der Waals surface area contributed by atoms with Gasteiger partial charge in [-0.25, -0.2) is 4.98 Å². The quantitative estimate of drug-likeness (QED) is 0.780. The maximum atomic E-state index is 9.07. The van der Waals surface area contributed by atoms with Crippen molar-refractivity contribution in [3.63, 3.8) is 0 Å². The topological polar surface area (TPSA) is 50.8 Å². The molecule has 3 heterocycles. The SMILES string of the molecule is N#Cc1nccn1C1CCOC2(CCSCC2)C1. The van der Waals surface area contributed by atoms with Gasteiger partial charge in [0.15, 0.2) is 0 Å². The van der Waals surface area contributed by atoms with Gasteiger partial charge < -0.3 is 9.30 Å².